The fourth-order valence-corrected chi connectivity index (χ4v) is 3.83. The molecule has 0 spiro atoms. The number of pyridine rings is 1. The molecule has 0 saturated heterocycles. The Labute approximate surface area is 188 Å². The zero-order valence-corrected chi connectivity index (χ0v) is 19.6. The third-order valence-corrected chi connectivity index (χ3v) is 5.27. The maximum atomic E-state index is 13.0. The highest BCUT2D eigenvalue weighted by Gasteiger charge is 2.34. The standard InChI is InChI=1S/C25H29ClNO4/c1-7-30-24(28)23(31-25(4,5)6)21-15(2)14-20-19(13-8-16(3)27(20)29)22(21)17-9-11-18(26)12-10-17/h8-14,23,29H,7H2,1-6H3/q+1/t23-/m0/s1. The SMILES string of the molecule is CCOC(=O)[C@@H](OC(C)(C)C)c1c(C)cc2c(ccc(C)[n+]2O)c1-c1ccc(Cl)cc1. The van der Waals surface area contributed by atoms with E-state index in [2.05, 4.69) is 0 Å². The molecule has 31 heavy (non-hydrogen) atoms. The van der Waals surface area contributed by atoms with Gasteiger partial charge in [-0.3, -0.25) is 5.21 Å². The summed E-state index contributed by atoms with van der Waals surface area (Å²) in [5.41, 5.74) is 3.96. The summed E-state index contributed by atoms with van der Waals surface area (Å²) >= 11 is 6.13. The van der Waals surface area contributed by atoms with Gasteiger partial charge in [0.05, 0.1) is 17.6 Å². The number of aryl methyl sites for hydroxylation is 2. The molecule has 0 aliphatic heterocycles. The molecular weight excluding hydrogens is 414 g/mol. The quantitative estimate of drug-likeness (QED) is 0.312. The van der Waals surface area contributed by atoms with Crippen molar-refractivity contribution >= 4 is 28.5 Å². The van der Waals surface area contributed by atoms with E-state index in [1.807, 2.05) is 65.0 Å². The first kappa shape index (κ1) is 23.0. The van der Waals surface area contributed by atoms with Gasteiger partial charge < -0.3 is 9.47 Å². The van der Waals surface area contributed by atoms with Gasteiger partial charge in [-0.05, 0) is 63.9 Å². The van der Waals surface area contributed by atoms with Crippen molar-refractivity contribution in [2.24, 2.45) is 0 Å². The van der Waals surface area contributed by atoms with Gasteiger partial charge in [0.1, 0.15) is 0 Å². The average Bonchev–Trinajstić information content (AvgIpc) is 2.69. The summed E-state index contributed by atoms with van der Waals surface area (Å²) in [5.74, 6) is -0.445. The Kier molecular flexibility index (Phi) is 6.58. The fourth-order valence-electron chi connectivity index (χ4n) is 3.70. The third-order valence-electron chi connectivity index (χ3n) is 5.01. The first-order valence-corrected chi connectivity index (χ1v) is 10.7. The summed E-state index contributed by atoms with van der Waals surface area (Å²) in [6.07, 6.45) is -0.927. The highest BCUT2D eigenvalue weighted by atomic mass is 35.5. The van der Waals surface area contributed by atoms with Crippen molar-refractivity contribution in [1.82, 2.24) is 0 Å². The molecular formula is C25H29ClNO4+. The topological polar surface area (TPSA) is 59.6 Å². The summed E-state index contributed by atoms with van der Waals surface area (Å²) in [5, 5.41) is 12.1. The van der Waals surface area contributed by atoms with Gasteiger partial charge in [-0.15, -0.1) is 0 Å². The van der Waals surface area contributed by atoms with E-state index in [1.54, 1.807) is 19.1 Å². The van der Waals surface area contributed by atoms with E-state index in [1.165, 1.54) is 0 Å². The van der Waals surface area contributed by atoms with Crippen LogP contribution in [0.4, 0.5) is 0 Å². The molecule has 0 fully saturated rings. The van der Waals surface area contributed by atoms with E-state index in [-0.39, 0.29) is 6.61 Å². The molecule has 1 N–H and O–H groups in total. The summed E-state index contributed by atoms with van der Waals surface area (Å²) < 4.78 is 12.8. The monoisotopic (exact) mass is 442 g/mol. The Morgan fingerprint density at radius 3 is 2.35 bits per heavy atom. The first-order chi connectivity index (χ1) is 14.5. The molecule has 1 heterocycles. The number of hydrogen-bond donors (Lipinski definition) is 1. The van der Waals surface area contributed by atoms with Crippen LogP contribution in [0.2, 0.25) is 5.02 Å². The molecule has 0 radical (unpaired) electrons. The summed E-state index contributed by atoms with van der Waals surface area (Å²) in [4.78, 5) is 13.0. The summed E-state index contributed by atoms with van der Waals surface area (Å²) in [6, 6.07) is 13.1. The molecule has 5 nitrogen and oxygen atoms in total. The number of fused-ring (bicyclic) bond motifs is 1. The van der Waals surface area contributed by atoms with Crippen LogP contribution in [0.15, 0.2) is 42.5 Å². The Balaban J connectivity index is 2.42. The molecule has 1 atom stereocenters. The number of rotatable bonds is 5. The molecule has 0 aliphatic carbocycles. The van der Waals surface area contributed by atoms with Gasteiger partial charge in [0.2, 0.25) is 5.69 Å². The molecule has 0 bridgehead atoms. The van der Waals surface area contributed by atoms with Crippen LogP contribution in [0, 0.1) is 13.8 Å². The van der Waals surface area contributed by atoms with E-state index < -0.39 is 17.7 Å². The minimum Gasteiger partial charge on any atom is -0.464 e. The van der Waals surface area contributed by atoms with E-state index in [0.717, 1.165) is 26.8 Å². The van der Waals surface area contributed by atoms with Crippen LogP contribution in [0.1, 0.15) is 50.6 Å². The number of nitrogens with zero attached hydrogens (tertiary/aromatic N) is 1. The molecule has 0 amide bonds. The molecule has 164 valence electrons. The van der Waals surface area contributed by atoms with Gasteiger partial charge in [0.15, 0.2) is 6.10 Å². The van der Waals surface area contributed by atoms with Crippen LogP contribution in [0.5, 0.6) is 0 Å². The van der Waals surface area contributed by atoms with Crippen LogP contribution in [-0.2, 0) is 14.3 Å². The second kappa shape index (κ2) is 8.85. The Hall–Kier alpha value is -2.63. The number of hydrogen-bond acceptors (Lipinski definition) is 4. The third kappa shape index (κ3) is 4.83. The van der Waals surface area contributed by atoms with Crippen molar-refractivity contribution < 1.29 is 24.2 Å². The lowest BCUT2D eigenvalue weighted by molar-refractivity contribution is -0.888. The predicted octanol–water partition coefficient (Wildman–Crippen LogP) is 5.72. The average molecular weight is 443 g/mol. The fraction of sp³-hybridized carbons (Fsp3) is 0.360. The number of carbonyl (C=O) groups is 1. The minimum absolute atomic E-state index is 0.252. The highest BCUT2D eigenvalue weighted by Crippen LogP contribution is 2.40. The second-order valence-electron chi connectivity index (χ2n) is 8.57. The van der Waals surface area contributed by atoms with Gasteiger partial charge in [-0.1, -0.05) is 23.7 Å². The van der Waals surface area contributed by atoms with E-state index in [0.29, 0.717) is 21.8 Å². The molecule has 3 rings (SSSR count). The Morgan fingerprint density at radius 2 is 1.77 bits per heavy atom. The lowest BCUT2D eigenvalue weighted by Gasteiger charge is -2.29. The molecule has 3 aromatic rings. The maximum absolute atomic E-state index is 13.0. The van der Waals surface area contributed by atoms with Gasteiger partial charge >= 0.3 is 5.97 Å². The zero-order valence-electron chi connectivity index (χ0n) is 18.8. The van der Waals surface area contributed by atoms with Crippen molar-refractivity contribution in [3.05, 3.63) is 64.3 Å². The number of halogens is 1. The smallest absolute Gasteiger partial charge is 0.339 e. The molecule has 2 aromatic carbocycles. The van der Waals surface area contributed by atoms with E-state index >= 15 is 0 Å². The van der Waals surface area contributed by atoms with Gasteiger partial charge in [-0.25, -0.2) is 4.79 Å². The van der Waals surface area contributed by atoms with Crippen LogP contribution in [-0.4, -0.2) is 23.4 Å². The summed E-state index contributed by atoms with van der Waals surface area (Å²) in [7, 11) is 0. The van der Waals surface area contributed by atoms with Crippen molar-refractivity contribution in [1.29, 1.82) is 0 Å². The number of esters is 1. The van der Waals surface area contributed by atoms with Gasteiger partial charge in [0, 0.05) is 39.9 Å². The van der Waals surface area contributed by atoms with Crippen LogP contribution in [0.3, 0.4) is 0 Å². The largest absolute Gasteiger partial charge is 0.464 e. The minimum atomic E-state index is -0.927. The van der Waals surface area contributed by atoms with Gasteiger partial charge in [-0.2, -0.15) is 0 Å². The lowest BCUT2D eigenvalue weighted by atomic mass is 9.88. The van der Waals surface area contributed by atoms with E-state index in [9.17, 15) is 10.0 Å². The zero-order chi connectivity index (χ0) is 22.9. The molecule has 6 heteroatoms. The number of aromatic nitrogens is 1. The normalized spacial score (nSPS) is 12.7. The van der Waals surface area contributed by atoms with Crippen molar-refractivity contribution in [3.8, 4) is 11.1 Å². The Bertz CT molecular complexity index is 1120. The molecule has 0 aliphatic rings. The lowest BCUT2D eigenvalue weighted by Crippen LogP contribution is -2.35. The number of benzene rings is 2. The van der Waals surface area contributed by atoms with E-state index in [4.69, 9.17) is 21.1 Å². The second-order valence-corrected chi connectivity index (χ2v) is 9.01. The molecule has 1 aromatic heterocycles. The number of ether oxygens (including phenoxy) is 2. The Morgan fingerprint density at radius 1 is 1.13 bits per heavy atom. The van der Waals surface area contributed by atoms with Gasteiger partial charge in [0.25, 0.3) is 5.52 Å². The molecule has 0 saturated carbocycles. The van der Waals surface area contributed by atoms with Crippen LogP contribution >= 0.6 is 11.6 Å². The maximum Gasteiger partial charge on any atom is 0.339 e. The predicted molar refractivity (Wildman–Crippen MR) is 121 cm³/mol. The van der Waals surface area contributed by atoms with Crippen molar-refractivity contribution in [2.45, 2.75) is 53.2 Å². The van der Waals surface area contributed by atoms with Crippen molar-refractivity contribution in [3.63, 3.8) is 0 Å². The number of carbonyl (C=O) groups excluding carboxylic acids is 1. The van der Waals surface area contributed by atoms with Crippen LogP contribution < -0.4 is 4.73 Å². The summed E-state index contributed by atoms with van der Waals surface area (Å²) in [6.45, 7) is 11.5. The first-order valence-electron chi connectivity index (χ1n) is 10.3. The molecule has 0 unspecified atom stereocenters. The highest BCUT2D eigenvalue weighted by molar-refractivity contribution is 6.30. The van der Waals surface area contributed by atoms with Crippen LogP contribution in [0.25, 0.3) is 22.0 Å². The van der Waals surface area contributed by atoms with Crippen molar-refractivity contribution in [2.75, 3.05) is 6.61 Å².